The molecule has 2 aliphatic heterocycles. The Kier molecular flexibility index (Phi) is 4.57. The van der Waals surface area contributed by atoms with Crippen molar-refractivity contribution in [1.29, 1.82) is 0 Å². The first kappa shape index (κ1) is 16.4. The summed E-state index contributed by atoms with van der Waals surface area (Å²) >= 11 is 0. The highest BCUT2D eigenvalue weighted by molar-refractivity contribution is 5.86. The molecule has 0 aromatic rings. The average Bonchev–Trinajstić information content (AvgIpc) is 2.97. The van der Waals surface area contributed by atoms with E-state index >= 15 is 0 Å². The Hall–Kier alpha value is -1.06. The second kappa shape index (κ2) is 6.68. The van der Waals surface area contributed by atoms with E-state index in [1.807, 2.05) is 4.90 Å². The van der Waals surface area contributed by atoms with Gasteiger partial charge in [-0.3, -0.25) is 9.59 Å². The van der Waals surface area contributed by atoms with Gasteiger partial charge in [0.1, 0.15) is 0 Å². The second-order valence-electron chi connectivity index (χ2n) is 8.78. The lowest BCUT2D eigenvalue weighted by Gasteiger charge is -2.41. The fourth-order valence-corrected chi connectivity index (χ4v) is 5.36. The van der Waals surface area contributed by atoms with Gasteiger partial charge in [0.2, 0.25) is 11.8 Å². The maximum atomic E-state index is 13.2. The van der Waals surface area contributed by atoms with Crippen molar-refractivity contribution in [2.24, 2.45) is 17.3 Å². The minimum absolute atomic E-state index is 0.244. The van der Waals surface area contributed by atoms with Crippen LogP contribution in [0, 0.1) is 17.3 Å². The molecule has 2 heterocycles. The molecule has 1 spiro atoms. The van der Waals surface area contributed by atoms with E-state index < -0.39 is 0 Å². The average molecular weight is 332 g/mol. The van der Waals surface area contributed by atoms with Crippen LogP contribution in [0.25, 0.3) is 0 Å². The van der Waals surface area contributed by atoms with Crippen LogP contribution in [0.4, 0.5) is 0 Å². The Morgan fingerprint density at radius 3 is 2.46 bits per heavy atom. The van der Waals surface area contributed by atoms with Crippen molar-refractivity contribution in [3.63, 3.8) is 0 Å². The molecule has 0 unspecified atom stereocenters. The summed E-state index contributed by atoms with van der Waals surface area (Å²) in [5.74, 6) is 1.67. The molecule has 4 nitrogen and oxygen atoms in total. The van der Waals surface area contributed by atoms with E-state index in [2.05, 4.69) is 4.90 Å². The number of piperidine rings is 1. The molecule has 0 bridgehead atoms. The summed E-state index contributed by atoms with van der Waals surface area (Å²) in [6.07, 6.45) is 12.9. The first-order chi connectivity index (χ1) is 11.7. The van der Waals surface area contributed by atoms with E-state index in [0.717, 1.165) is 51.7 Å². The molecular formula is C20H32N2O2. The molecule has 4 aliphatic rings. The van der Waals surface area contributed by atoms with E-state index in [9.17, 15) is 9.59 Å². The Bertz CT molecular complexity index is 496. The highest BCUT2D eigenvalue weighted by Gasteiger charge is 2.50. The van der Waals surface area contributed by atoms with Crippen LogP contribution in [0.2, 0.25) is 0 Å². The number of rotatable bonds is 3. The quantitative estimate of drug-likeness (QED) is 0.796. The van der Waals surface area contributed by atoms with Gasteiger partial charge in [0.25, 0.3) is 0 Å². The maximum absolute atomic E-state index is 13.2. The summed E-state index contributed by atoms with van der Waals surface area (Å²) in [5.41, 5.74) is -0.244. The van der Waals surface area contributed by atoms with E-state index in [1.165, 1.54) is 38.5 Å². The van der Waals surface area contributed by atoms with Crippen molar-refractivity contribution in [3.8, 4) is 0 Å². The van der Waals surface area contributed by atoms with Crippen LogP contribution in [0.1, 0.15) is 70.6 Å². The zero-order valence-electron chi connectivity index (χ0n) is 15.0. The van der Waals surface area contributed by atoms with Gasteiger partial charge in [-0.15, -0.1) is 0 Å². The molecule has 134 valence electrons. The maximum Gasteiger partial charge on any atom is 0.230 e. The molecule has 24 heavy (non-hydrogen) atoms. The standard InChI is InChI=1S/C20H32N2O2/c23-18(17-8-4-9-17)22-13-11-20(15-22)10-5-12-21(19(20)24)14-16-6-2-1-3-7-16/h16-17H,1-15H2/t20-/m1/s1. The Balaban J connectivity index is 1.39. The molecule has 4 rings (SSSR count). The van der Waals surface area contributed by atoms with Gasteiger partial charge in [0.05, 0.1) is 5.41 Å². The minimum Gasteiger partial charge on any atom is -0.342 e. The molecule has 4 heteroatoms. The summed E-state index contributed by atoms with van der Waals surface area (Å²) in [7, 11) is 0. The van der Waals surface area contributed by atoms with Crippen molar-refractivity contribution in [2.75, 3.05) is 26.2 Å². The lowest BCUT2D eigenvalue weighted by molar-refractivity contribution is -0.147. The van der Waals surface area contributed by atoms with Crippen LogP contribution in [0.5, 0.6) is 0 Å². The van der Waals surface area contributed by atoms with Gasteiger partial charge >= 0.3 is 0 Å². The monoisotopic (exact) mass is 332 g/mol. The SMILES string of the molecule is O=C(C1CCC1)N1CC[C@]2(CCCN(CC3CCCCC3)C2=O)C1. The first-order valence-corrected chi connectivity index (χ1v) is 10.3. The largest absolute Gasteiger partial charge is 0.342 e. The van der Waals surface area contributed by atoms with E-state index in [1.54, 1.807) is 0 Å². The van der Waals surface area contributed by atoms with Gasteiger partial charge in [-0.05, 0) is 50.9 Å². The lowest BCUT2D eigenvalue weighted by Crippen LogP contribution is -2.52. The lowest BCUT2D eigenvalue weighted by atomic mass is 9.77. The molecule has 2 aliphatic carbocycles. The molecule has 2 saturated heterocycles. The zero-order valence-corrected chi connectivity index (χ0v) is 15.0. The third kappa shape index (κ3) is 2.97. The van der Waals surface area contributed by atoms with Crippen LogP contribution in [0.15, 0.2) is 0 Å². The normalized spacial score (nSPS) is 32.4. The Morgan fingerprint density at radius 1 is 0.958 bits per heavy atom. The predicted molar refractivity (Wildman–Crippen MR) is 93.4 cm³/mol. The van der Waals surface area contributed by atoms with E-state index in [4.69, 9.17) is 0 Å². The molecule has 0 N–H and O–H groups in total. The first-order valence-electron chi connectivity index (χ1n) is 10.3. The highest BCUT2D eigenvalue weighted by Crippen LogP contribution is 2.42. The van der Waals surface area contributed by atoms with Crippen molar-refractivity contribution in [1.82, 2.24) is 9.80 Å². The van der Waals surface area contributed by atoms with Gasteiger partial charge in [-0.2, -0.15) is 0 Å². The van der Waals surface area contributed by atoms with Gasteiger partial charge < -0.3 is 9.80 Å². The summed E-state index contributed by atoms with van der Waals surface area (Å²) in [5, 5.41) is 0. The summed E-state index contributed by atoms with van der Waals surface area (Å²) in [6.45, 7) is 3.41. The molecule has 0 aromatic carbocycles. The fourth-order valence-electron chi connectivity index (χ4n) is 5.36. The third-order valence-electron chi connectivity index (χ3n) is 7.15. The van der Waals surface area contributed by atoms with E-state index in [0.29, 0.717) is 24.3 Å². The van der Waals surface area contributed by atoms with Crippen LogP contribution in [0.3, 0.4) is 0 Å². The molecule has 2 saturated carbocycles. The molecule has 2 amide bonds. The van der Waals surface area contributed by atoms with Crippen molar-refractivity contribution < 1.29 is 9.59 Å². The number of hydrogen-bond acceptors (Lipinski definition) is 2. The van der Waals surface area contributed by atoms with Crippen LogP contribution >= 0.6 is 0 Å². The molecule has 1 atom stereocenters. The van der Waals surface area contributed by atoms with Gasteiger partial charge in [0, 0.05) is 32.1 Å². The van der Waals surface area contributed by atoms with Gasteiger partial charge in [-0.25, -0.2) is 0 Å². The number of nitrogens with zero attached hydrogens (tertiary/aromatic N) is 2. The molecule has 0 radical (unpaired) electrons. The zero-order chi connectivity index (χ0) is 16.6. The van der Waals surface area contributed by atoms with Crippen LogP contribution in [-0.4, -0.2) is 47.8 Å². The fraction of sp³-hybridized carbons (Fsp3) is 0.900. The topological polar surface area (TPSA) is 40.6 Å². The number of carbonyl (C=O) groups excluding carboxylic acids is 2. The predicted octanol–water partition coefficient (Wildman–Crippen LogP) is 3.21. The number of likely N-dealkylation sites (tertiary alicyclic amines) is 2. The van der Waals surface area contributed by atoms with Crippen molar-refractivity contribution in [3.05, 3.63) is 0 Å². The molecule has 4 fully saturated rings. The van der Waals surface area contributed by atoms with Crippen LogP contribution < -0.4 is 0 Å². The van der Waals surface area contributed by atoms with Gasteiger partial charge in [-0.1, -0.05) is 25.7 Å². The summed E-state index contributed by atoms with van der Waals surface area (Å²) in [6, 6.07) is 0. The van der Waals surface area contributed by atoms with Crippen LogP contribution in [-0.2, 0) is 9.59 Å². The minimum atomic E-state index is -0.244. The smallest absolute Gasteiger partial charge is 0.230 e. The number of carbonyl (C=O) groups is 2. The number of amides is 2. The number of hydrogen-bond donors (Lipinski definition) is 0. The third-order valence-corrected chi connectivity index (χ3v) is 7.15. The van der Waals surface area contributed by atoms with Crippen molar-refractivity contribution >= 4 is 11.8 Å². The van der Waals surface area contributed by atoms with Crippen molar-refractivity contribution in [2.45, 2.75) is 70.6 Å². The Labute approximate surface area is 145 Å². The second-order valence-corrected chi connectivity index (χ2v) is 8.78. The summed E-state index contributed by atoms with van der Waals surface area (Å²) < 4.78 is 0. The molecular weight excluding hydrogens is 300 g/mol. The Morgan fingerprint density at radius 2 is 1.75 bits per heavy atom. The molecule has 0 aromatic heterocycles. The van der Waals surface area contributed by atoms with Gasteiger partial charge in [0.15, 0.2) is 0 Å². The summed E-state index contributed by atoms with van der Waals surface area (Å²) in [4.78, 5) is 30.0. The highest BCUT2D eigenvalue weighted by atomic mass is 16.2. The van der Waals surface area contributed by atoms with E-state index in [-0.39, 0.29) is 11.3 Å².